The van der Waals surface area contributed by atoms with E-state index in [1.54, 1.807) is 6.07 Å². The second-order valence-corrected chi connectivity index (χ2v) is 9.93. The van der Waals surface area contributed by atoms with Crippen LogP contribution in [-0.2, 0) is 22.5 Å². The summed E-state index contributed by atoms with van der Waals surface area (Å²) in [6.45, 7) is 0.888. The van der Waals surface area contributed by atoms with Gasteiger partial charge in [-0.2, -0.15) is 13.2 Å². The molecule has 5 rings (SSSR count). The summed E-state index contributed by atoms with van der Waals surface area (Å²) in [5.41, 5.74) is 3.87. The van der Waals surface area contributed by atoms with Crippen LogP contribution in [0.3, 0.4) is 0 Å². The van der Waals surface area contributed by atoms with Crippen molar-refractivity contribution in [3.63, 3.8) is 0 Å². The van der Waals surface area contributed by atoms with E-state index in [2.05, 4.69) is 15.6 Å². The summed E-state index contributed by atoms with van der Waals surface area (Å²) in [4.78, 5) is 46.5. The highest BCUT2D eigenvalue weighted by molar-refractivity contribution is 6.30. The van der Waals surface area contributed by atoms with Gasteiger partial charge in [0, 0.05) is 52.9 Å². The van der Waals surface area contributed by atoms with Crippen LogP contribution in [0.4, 0.5) is 23.7 Å². The van der Waals surface area contributed by atoms with Crippen molar-refractivity contribution in [3.8, 4) is 0 Å². The molecule has 39 heavy (non-hydrogen) atoms. The van der Waals surface area contributed by atoms with Gasteiger partial charge in [0.2, 0.25) is 0 Å². The molecule has 13 heteroatoms. The van der Waals surface area contributed by atoms with Gasteiger partial charge in [0.25, 0.3) is 5.91 Å². The first-order chi connectivity index (χ1) is 18.6. The van der Waals surface area contributed by atoms with Gasteiger partial charge in [0.05, 0.1) is 13.1 Å². The molecule has 3 heterocycles. The molecule has 0 spiro atoms. The van der Waals surface area contributed by atoms with Crippen LogP contribution in [0, 0.1) is 0 Å². The van der Waals surface area contributed by atoms with E-state index < -0.39 is 16.8 Å². The first kappa shape index (κ1) is 26.8. The normalized spacial score (nSPS) is 16.9. The van der Waals surface area contributed by atoms with E-state index in [0.29, 0.717) is 35.8 Å². The topological polar surface area (TPSA) is 104 Å². The van der Waals surface area contributed by atoms with E-state index in [0.717, 1.165) is 28.5 Å². The molecule has 2 aliphatic heterocycles. The lowest BCUT2D eigenvalue weighted by Crippen LogP contribution is -2.64. The Labute approximate surface area is 226 Å². The number of carbonyl (C=O) groups is 3. The van der Waals surface area contributed by atoms with Crippen molar-refractivity contribution in [2.45, 2.75) is 19.0 Å². The molecule has 3 aromatic rings. The van der Waals surface area contributed by atoms with E-state index in [9.17, 15) is 27.6 Å². The molecule has 1 aromatic heterocycles. The average Bonchev–Trinajstić information content (AvgIpc) is 3.32. The number of hydrogen-bond acceptors (Lipinski definition) is 4. The lowest BCUT2D eigenvalue weighted by Gasteiger charge is -2.40. The minimum absolute atomic E-state index is 0.0620. The standard InChI is InChI=1S/C26H25ClF3N5O4/c27-17-1-3-18(4-2-17)35(39-24(37)26(28,29)30)13-11-34(12-14-35)25(38)32-9-7-16-15-33-21-6-5-20-19(22(16)21)8-10-31-23(20)36/h1-6,15H,7-14H2,(H2-,31,32,33,36,38)/p+1. The number of fused-ring (bicyclic) bond motifs is 3. The van der Waals surface area contributed by atoms with E-state index in [1.807, 2.05) is 12.3 Å². The molecule has 1 saturated heterocycles. The quantitative estimate of drug-likeness (QED) is 0.411. The average molecular weight is 565 g/mol. The first-order valence-corrected chi connectivity index (χ1v) is 12.8. The molecule has 0 saturated carbocycles. The number of hydroxylamine groups is 2. The van der Waals surface area contributed by atoms with Gasteiger partial charge in [-0.3, -0.25) is 9.63 Å². The molecule has 9 nitrogen and oxygen atoms in total. The van der Waals surface area contributed by atoms with Crippen molar-refractivity contribution in [3.05, 3.63) is 64.3 Å². The third-order valence-corrected chi connectivity index (χ3v) is 7.40. The molecular formula is C26H26ClF3N5O4+. The molecule has 0 bridgehead atoms. The Balaban J connectivity index is 1.23. The maximum atomic E-state index is 13.0. The number of quaternary nitrogens is 1. The van der Waals surface area contributed by atoms with E-state index in [1.165, 1.54) is 29.2 Å². The fourth-order valence-corrected chi connectivity index (χ4v) is 5.30. The fourth-order valence-electron chi connectivity index (χ4n) is 5.17. The van der Waals surface area contributed by atoms with Crippen LogP contribution < -0.4 is 15.3 Å². The molecule has 2 aliphatic rings. The number of rotatable bonds is 5. The zero-order chi connectivity index (χ0) is 27.8. The van der Waals surface area contributed by atoms with E-state index in [4.69, 9.17) is 16.4 Å². The molecule has 0 aliphatic carbocycles. The van der Waals surface area contributed by atoms with Gasteiger partial charge >= 0.3 is 18.2 Å². The molecule has 3 amide bonds. The largest absolute Gasteiger partial charge is 0.497 e. The van der Waals surface area contributed by atoms with Crippen molar-refractivity contribution in [2.75, 3.05) is 39.3 Å². The van der Waals surface area contributed by atoms with E-state index >= 15 is 0 Å². The van der Waals surface area contributed by atoms with E-state index in [-0.39, 0.29) is 38.1 Å². The van der Waals surface area contributed by atoms with Crippen LogP contribution >= 0.6 is 11.6 Å². The summed E-state index contributed by atoms with van der Waals surface area (Å²) in [5.74, 6) is -2.40. The van der Waals surface area contributed by atoms with Crippen LogP contribution in [0.15, 0.2) is 42.6 Å². The maximum Gasteiger partial charge on any atom is 0.497 e. The zero-order valence-corrected chi connectivity index (χ0v) is 21.5. The van der Waals surface area contributed by atoms with Crippen molar-refractivity contribution >= 4 is 46.1 Å². The summed E-state index contributed by atoms with van der Waals surface area (Å²) in [5, 5.41) is 7.09. The maximum absolute atomic E-state index is 13.0. The summed E-state index contributed by atoms with van der Waals surface area (Å²) in [7, 11) is 0. The summed E-state index contributed by atoms with van der Waals surface area (Å²) in [6.07, 6.45) is -2.04. The monoisotopic (exact) mass is 564 g/mol. The molecule has 2 aromatic carbocycles. The van der Waals surface area contributed by atoms with Gasteiger partial charge in [0.1, 0.15) is 13.1 Å². The Morgan fingerprint density at radius 3 is 2.51 bits per heavy atom. The number of aromatic amines is 1. The third kappa shape index (κ3) is 5.39. The number of nitrogens with zero attached hydrogens (tertiary/aromatic N) is 2. The highest BCUT2D eigenvalue weighted by Crippen LogP contribution is 2.31. The van der Waals surface area contributed by atoms with Gasteiger partial charge in [-0.15, -0.1) is 0 Å². The molecule has 206 valence electrons. The van der Waals surface area contributed by atoms with Crippen molar-refractivity contribution in [1.82, 2.24) is 25.2 Å². The molecular weight excluding hydrogens is 539 g/mol. The van der Waals surface area contributed by atoms with Crippen LogP contribution in [0.1, 0.15) is 21.5 Å². The number of benzene rings is 2. The van der Waals surface area contributed by atoms with Gasteiger partial charge in [-0.05, 0) is 48.2 Å². The van der Waals surface area contributed by atoms with Crippen LogP contribution in [0.5, 0.6) is 0 Å². The van der Waals surface area contributed by atoms with Crippen molar-refractivity contribution in [1.29, 1.82) is 0 Å². The Bertz CT molecular complexity index is 1420. The minimum atomic E-state index is -5.16. The molecule has 3 N–H and O–H groups in total. The number of alkyl halides is 3. The Morgan fingerprint density at radius 2 is 1.82 bits per heavy atom. The summed E-state index contributed by atoms with van der Waals surface area (Å²) in [6, 6.07) is 9.32. The minimum Gasteiger partial charge on any atom is -0.361 e. The zero-order valence-electron chi connectivity index (χ0n) is 20.7. The molecule has 1 fully saturated rings. The smallest absolute Gasteiger partial charge is 0.361 e. The van der Waals surface area contributed by atoms with Crippen LogP contribution in [0.2, 0.25) is 5.02 Å². The summed E-state index contributed by atoms with van der Waals surface area (Å²) < 4.78 is 38.4. The second kappa shape index (κ2) is 10.4. The molecule has 0 atom stereocenters. The van der Waals surface area contributed by atoms with Crippen LogP contribution in [0.25, 0.3) is 10.9 Å². The number of aromatic nitrogens is 1. The Morgan fingerprint density at radius 1 is 1.10 bits per heavy atom. The second-order valence-electron chi connectivity index (χ2n) is 9.49. The number of H-pyrrole nitrogens is 1. The van der Waals surface area contributed by atoms with Gasteiger partial charge in [0.15, 0.2) is 5.69 Å². The fraction of sp³-hybridized carbons (Fsp3) is 0.346. The Hall–Kier alpha value is -3.77. The van der Waals surface area contributed by atoms with Crippen LogP contribution in [-0.4, -0.2) is 73.2 Å². The molecule has 0 unspecified atom stereocenters. The number of carbonyl (C=O) groups excluding carboxylic acids is 3. The van der Waals surface area contributed by atoms with Gasteiger partial charge < -0.3 is 20.5 Å². The highest BCUT2D eigenvalue weighted by atomic mass is 35.5. The summed E-state index contributed by atoms with van der Waals surface area (Å²) >= 11 is 5.92. The predicted octanol–water partition coefficient (Wildman–Crippen LogP) is 3.70. The number of hydrogen-bond donors (Lipinski definition) is 3. The van der Waals surface area contributed by atoms with Crippen molar-refractivity contribution < 1.29 is 32.4 Å². The highest BCUT2D eigenvalue weighted by Gasteiger charge is 2.50. The number of piperazine rings is 1. The van der Waals surface area contributed by atoms with Gasteiger partial charge in [-0.25, -0.2) is 9.59 Å². The third-order valence-electron chi connectivity index (χ3n) is 7.15. The number of urea groups is 1. The Kier molecular flexibility index (Phi) is 7.17. The molecule has 0 radical (unpaired) electrons. The number of halogens is 4. The predicted molar refractivity (Wildman–Crippen MR) is 138 cm³/mol. The number of nitrogens with one attached hydrogen (secondary N) is 3. The SMILES string of the molecule is O=C1NCCc2c1ccc1[nH]cc(CCNC(=O)N3CC[N+](OC(=O)C(F)(F)F)(c4ccc(Cl)cc4)CC3)c21. The van der Waals surface area contributed by atoms with Crippen molar-refractivity contribution in [2.24, 2.45) is 0 Å². The first-order valence-electron chi connectivity index (χ1n) is 12.4. The lowest BCUT2D eigenvalue weighted by molar-refractivity contribution is -0.238. The lowest BCUT2D eigenvalue weighted by atomic mass is 9.94. The number of amides is 3. The van der Waals surface area contributed by atoms with Gasteiger partial charge in [-0.1, -0.05) is 16.2 Å².